The number of ether oxygens (including phenoxy) is 5. The van der Waals surface area contributed by atoms with E-state index in [9.17, 15) is 19.5 Å². The summed E-state index contributed by atoms with van der Waals surface area (Å²) in [6.45, 7) is 13.3. The maximum atomic E-state index is 12.5. The Kier molecular flexibility index (Phi) is 14.2. The number of carbonyl (C=O) groups is 1. The highest BCUT2D eigenvalue weighted by Gasteiger charge is 2.25. The summed E-state index contributed by atoms with van der Waals surface area (Å²) < 4.78 is 32.5. The quantitative estimate of drug-likeness (QED) is 0.0911. The van der Waals surface area contributed by atoms with Gasteiger partial charge in [0.1, 0.15) is 6.10 Å². The van der Waals surface area contributed by atoms with Crippen LogP contribution < -0.4 is 29.8 Å². The molecule has 2 unspecified atom stereocenters. The highest BCUT2D eigenvalue weighted by molar-refractivity contribution is 5.82. The zero-order chi connectivity index (χ0) is 40.5. The molecule has 300 valence electrons. The molecule has 1 N–H and O–H groups in total. The number of esters is 1. The van der Waals surface area contributed by atoms with E-state index in [1.807, 2.05) is 87.1 Å². The van der Waals surface area contributed by atoms with E-state index in [1.54, 1.807) is 38.5 Å². The summed E-state index contributed by atoms with van der Waals surface area (Å²) in [6, 6.07) is 17.5. The molecule has 11 nitrogen and oxygen atoms in total. The van der Waals surface area contributed by atoms with Crippen molar-refractivity contribution in [1.82, 2.24) is 9.13 Å². The second-order valence-electron chi connectivity index (χ2n) is 15.2. The topological polar surface area (TPSA) is 127 Å². The van der Waals surface area contributed by atoms with E-state index in [-0.39, 0.29) is 10.9 Å². The molecule has 2 aromatic heterocycles. The molecule has 2 saturated carbocycles. The SMILES string of the molecule is COc1ccc(C(Cn2c(C)cc(=O)cc2C)OC(=O)C=C(C)C)cc1OCC1CC1.COc1ccc(C(O)Cn2c(C)cc(=O)cc2C)cc1OCC1CC1. The third-order valence-electron chi connectivity index (χ3n) is 9.95. The summed E-state index contributed by atoms with van der Waals surface area (Å²) in [5.74, 6) is 3.47. The number of pyridine rings is 2. The maximum absolute atomic E-state index is 12.5. The number of hydrogen-bond acceptors (Lipinski definition) is 9. The molecule has 2 aromatic carbocycles. The average Bonchev–Trinajstić information content (AvgIpc) is 4.08. The van der Waals surface area contributed by atoms with Gasteiger partial charge in [-0.3, -0.25) is 9.59 Å². The number of aliphatic hydroxyl groups is 1. The molecule has 0 amide bonds. The van der Waals surface area contributed by atoms with Crippen LogP contribution in [0, 0.1) is 39.5 Å². The zero-order valence-corrected chi connectivity index (χ0v) is 33.9. The van der Waals surface area contributed by atoms with Gasteiger partial charge in [0.15, 0.2) is 33.9 Å². The molecule has 0 bridgehead atoms. The highest BCUT2D eigenvalue weighted by atomic mass is 16.5. The van der Waals surface area contributed by atoms with Crippen LogP contribution in [0.1, 0.15) is 85.6 Å². The fourth-order valence-corrected chi connectivity index (χ4v) is 6.42. The molecular weight excluding hydrogens is 712 g/mol. The second kappa shape index (κ2) is 19.0. The maximum Gasteiger partial charge on any atom is 0.331 e. The number of rotatable bonds is 16. The molecule has 2 fully saturated rings. The minimum Gasteiger partial charge on any atom is -0.493 e. The van der Waals surface area contributed by atoms with Gasteiger partial charge in [-0.05, 0) is 114 Å². The van der Waals surface area contributed by atoms with Gasteiger partial charge < -0.3 is 37.9 Å². The number of carbonyl (C=O) groups excluding carboxylic acids is 1. The molecule has 0 radical (unpaired) electrons. The summed E-state index contributed by atoms with van der Waals surface area (Å²) in [5, 5.41) is 10.7. The molecule has 2 atom stereocenters. The Hall–Kier alpha value is -5.29. The Morgan fingerprint density at radius 3 is 1.54 bits per heavy atom. The van der Waals surface area contributed by atoms with E-state index in [0.29, 0.717) is 61.1 Å². The summed E-state index contributed by atoms with van der Waals surface area (Å²) in [5.41, 5.74) is 5.68. The molecule has 0 saturated heterocycles. The van der Waals surface area contributed by atoms with Gasteiger partial charge in [0, 0.05) is 53.1 Å². The molecule has 0 aliphatic heterocycles. The number of methoxy groups -OCH3 is 2. The molecule has 11 heteroatoms. The van der Waals surface area contributed by atoms with Crippen molar-refractivity contribution in [2.75, 3.05) is 27.4 Å². The molecule has 6 rings (SSSR count). The van der Waals surface area contributed by atoms with Gasteiger partial charge >= 0.3 is 5.97 Å². The lowest BCUT2D eigenvalue weighted by molar-refractivity contribution is -0.144. The first-order valence-corrected chi connectivity index (χ1v) is 19.3. The van der Waals surface area contributed by atoms with Crippen molar-refractivity contribution in [3.8, 4) is 23.0 Å². The Balaban J connectivity index is 0.000000219. The second-order valence-corrected chi connectivity index (χ2v) is 15.2. The van der Waals surface area contributed by atoms with Crippen LogP contribution in [0.25, 0.3) is 0 Å². The van der Waals surface area contributed by atoms with Crippen molar-refractivity contribution >= 4 is 5.97 Å². The molecular formula is C45H56N2O9. The average molecular weight is 769 g/mol. The molecule has 0 spiro atoms. The Labute approximate surface area is 329 Å². The molecule has 4 aromatic rings. The number of aromatic nitrogens is 2. The number of hydrogen-bond donors (Lipinski definition) is 1. The van der Waals surface area contributed by atoms with Crippen molar-refractivity contribution in [3.63, 3.8) is 0 Å². The largest absolute Gasteiger partial charge is 0.493 e. The Morgan fingerprint density at radius 2 is 1.11 bits per heavy atom. The van der Waals surface area contributed by atoms with E-state index >= 15 is 0 Å². The van der Waals surface area contributed by atoms with E-state index in [4.69, 9.17) is 23.7 Å². The number of allylic oxidation sites excluding steroid dienone is 1. The smallest absolute Gasteiger partial charge is 0.331 e. The van der Waals surface area contributed by atoms with Crippen LogP contribution in [0.5, 0.6) is 23.0 Å². The molecule has 2 heterocycles. The van der Waals surface area contributed by atoms with Gasteiger partial charge in [0.2, 0.25) is 0 Å². The lowest BCUT2D eigenvalue weighted by atomic mass is 10.1. The highest BCUT2D eigenvalue weighted by Crippen LogP contribution is 2.36. The first-order valence-electron chi connectivity index (χ1n) is 19.3. The van der Waals surface area contributed by atoms with Gasteiger partial charge in [-0.25, -0.2) is 4.79 Å². The Morgan fingerprint density at radius 1 is 0.679 bits per heavy atom. The van der Waals surface area contributed by atoms with Crippen LogP contribution in [-0.4, -0.2) is 47.6 Å². The van der Waals surface area contributed by atoms with Crippen LogP contribution >= 0.6 is 0 Å². The van der Waals surface area contributed by atoms with Crippen LogP contribution in [0.15, 0.2) is 81.9 Å². The van der Waals surface area contributed by atoms with E-state index in [1.165, 1.54) is 31.8 Å². The first kappa shape index (κ1) is 41.9. The summed E-state index contributed by atoms with van der Waals surface area (Å²) in [6.07, 6.45) is 5.04. The minimum atomic E-state index is -0.700. The van der Waals surface area contributed by atoms with Crippen LogP contribution in [-0.2, 0) is 22.6 Å². The molecule has 2 aliphatic rings. The van der Waals surface area contributed by atoms with Gasteiger partial charge in [0.05, 0.1) is 46.6 Å². The summed E-state index contributed by atoms with van der Waals surface area (Å²) >= 11 is 0. The van der Waals surface area contributed by atoms with Crippen molar-refractivity contribution in [2.24, 2.45) is 11.8 Å². The number of aliphatic hydroxyl groups excluding tert-OH is 1. The number of aryl methyl sites for hydroxylation is 4. The predicted octanol–water partition coefficient (Wildman–Crippen LogP) is 7.51. The van der Waals surface area contributed by atoms with E-state index in [2.05, 4.69) is 0 Å². The van der Waals surface area contributed by atoms with Crippen molar-refractivity contribution < 1.29 is 33.6 Å². The molecule has 2 aliphatic carbocycles. The van der Waals surface area contributed by atoms with Crippen molar-refractivity contribution in [1.29, 1.82) is 0 Å². The van der Waals surface area contributed by atoms with Gasteiger partial charge in [0.25, 0.3) is 0 Å². The van der Waals surface area contributed by atoms with E-state index < -0.39 is 18.2 Å². The van der Waals surface area contributed by atoms with Crippen LogP contribution in [0.2, 0.25) is 0 Å². The normalized spacial score (nSPS) is 14.4. The van der Waals surface area contributed by atoms with Gasteiger partial charge in [-0.15, -0.1) is 0 Å². The lowest BCUT2D eigenvalue weighted by Gasteiger charge is -2.23. The predicted molar refractivity (Wildman–Crippen MR) is 216 cm³/mol. The third kappa shape index (κ3) is 11.9. The zero-order valence-electron chi connectivity index (χ0n) is 33.9. The van der Waals surface area contributed by atoms with Gasteiger partial charge in [-0.1, -0.05) is 17.7 Å². The lowest BCUT2D eigenvalue weighted by Crippen LogP contribution is -2.21. The van der Waals surface area contributed by atoms with Crippen LogP contribution in [0.3, 0.4) is 0 Å². The Bertz CT molecular complexity index is 2090. The molecule has 56 heavy (non-hydrogen) atoms. The number of nitrogens with zero attached hydrogens (tertiary/aromatic N) is 2. The summed E-state index contributed by atoms with van der Waals surface area (Å²) in [4.78, 5) is 35.9. The fourth-order valence-electron chi connectivity index (χ4n) is 6.42. The van der Waals surface area contributed by atoms with Crippen molar-refractivity contribution in [2.45, 2.75) is 92.5 Å². The minimum absolute atomic E-state index is 0.0130. The van der Waals surface area contributed by atoms with Gasteiger partial charge in [-0.2, -0.15) is 0 Å². The fraction of sp³-hybridized carbons (Fsp3) is 0.444. The monoisotopic (exact) mass is 768 g/mol. The standard InChI is InChI=1S/C25H31NO5.C20H25NO4/c1-16(2)10-25(28)31-24(14-26-17(3)11-21(27)12-18(26)4)20-8-9-22(29-5)23(13-20)30-15-19-6-7-19;1-13-8-17(22)9-14(2)21(13)11-18(23)16-6-7-19(24-3)20(10-16)25-12-15-4-5-15/h8-13,19,24H,6-7,14-15H2,1-5H3;6-10,15,18,23H,4-5,11-12H2,1-3H3. The summed E-state index contributed by atoms with van der Waals surface area (Å²) in [7, 11) is 3.22. The van der Waals surface area contributed by atoms with Crippen molar-refractivity contribution in [3.05, 3.63) is 127 Å². The van der Waals surface area contributed by atoms with E-state index in [0.717, 1.165) is 39.5 Å². The number of benzene rings is 2. The first-order chi connectivity index (χ1) is 26.7. The van der Waals surface area contributed by atoms with Crippen LogP contribution in [0.4, 0.5) is 0 Å². The third-order valence-corrected chi connectivity index (χ3v) is 9.95.